The summed E-state index contributed by atoms with van der Waals surface area (Å²) in [7, 11) is 0. The maximum Gasteiger partial charge on any atom is 0.329 e. The molecule has 1 aromatic carbocycles. The number of anilines is 2. The van der Waals surface area contributed by atoms with Crippen LogP contribution >= 0.6 is 22.9 Å². The van der Waals surface area contributed by atoms with Gasteiger partial charge < -0.3 is 0 Å². The van der Waals surface area contributed by atoms with Gasteiger partial charge in [0.2, 0.25) is 0 Å². The third kappa shape index (κ3) is 2.58. The van der Waals surface area contributed by atoms with Gasteiger partial charge >= 0.3 is 6.03 Å². The maximum absolute atomic E-state index is 13.0. The van der Waals surface area contributed by atoms with Gasteiger partial charge in [-0.25, -0.2) is 4.79 Å². The van der Waals surface area contributed by atoms with Crippen LogP contribution < -0.4 is 9.80 Å². The number of carbonyl (C=O) groups is 1. The van der Waals surface area contributed by atoms with Gasteiger partial charge in [-0.15, -0.1) is 11.3 Å². The fraction of sp³-hybridized carbons (Fsp3) is 0.263. The molecule has 2 aliphatic rings. The number of pyridine rings is 1. The summed E-state index contributed by atoms with van der Waals surface area (Å²) >= 11 is 7.66. The molecule has 2 fully saturated rings. The number of rotatable bonds is 3. The molecule has 126 valence electrons. The number of halogens is 1. The molecule has 0 atom stereocenters. The largest absolute Gasteiger partial charge is 0.329 e. The van der Waals surface area contributed by atoms with Gasteiger partial charge in [-0.3, -0.25) is 14.8 Å². The van der Waals surface area contributed by atoms with E-state index in [2.05, 4.69) is 11.1 Å². The topological polar surface area (TPSA) is 36.4 Å². The van der Waals surface area contributed by atoms with Gasteiger partial charge in [-0.2, -0.15) is 0 Å². The van der Waals surface area contributed by atoms with E-state index in [0.717, 1.165) is 25.8 Å². The predicted octanol–water partition coefficient (Wildman–Crippen LogP) is 5.27. The Morgan fingerprint density at radius 3 is 2.80 bits per heavy atom. The van der Waals surface area contributed by atoms with E-state index < -0.39 is 0 Å². The minimum Gasteiger partial charge on any atom is -0.292 e. The standard InChI is InChI=1S/C19H16ClN3OS/c20-18-10-13-9-14(3-4-17(13)25-18)22-7-8-23(19(22)24)16-11-21-6-5-15(16)12-1-2-12/h3-6,9-12H,1-2,7-8H2. The Balaban J connectivity index is 1.48. The van der Waals surface area contributed by atoms with Crippen LogP contribution in [0.25, 0.3) is 10.1 Å². The Morgan fingerprint density at radius 2 is 1.96 bits per heavy atom. The number of hydrogen-bond acceptors (Lipinski definition) is 3. The van der Waals surface area contributed by atoms with Crippen molar-refractivity contribution in [1.82, 2.24) is 4.98 Å². The summed E-state index contributed by atoms with van der Waals surface area (Å²) in [5.74, 6) is 0.587. The zero-order valence-corrected chi connectivity index (χ0v) is 15.1. The Morgan fingerprint density at radius 1 is 1.12 bits per heavy atom. The van der Waals surface area contributed by atoms with Crippen LogP contribution in [0.2, 0.25) is 4.34 Å². The lowest BCUT2D eigenvalue weighted by atomic mass is 10.1. The molecule has 1 saturated heterocycles. The molecule has 4 nitrogen and oxygen atoms in total. The second-order valence-electron chi connectivity index (χ2n) is 6.57. The van der Waals surface area contributed by atoms with Crippen LogP contribution in [0.4, 0.5) is 16.2 Å². The summed E-state index contributed by atoms with van der Waals surface area (Å²) in [5, 5.41) is 1.08. The van der Waals surface area contributed by atoms with Gasteiger partial charge in [0.15, 0.2) is 0 Å². The molecule has 1 aliphatic carbocycles. The van der Waals surface area contributed by atoms with Crippen LogP contribution in [-0.2, 0) is 0 Å². The van der Waals surface area contributed by atoms with E-state index in [1.807, 2.05) is 46.5 Å². The number of amides is 2. The highest BCUT2D eigenvalue weighted by Crippen LogP contribution is 2.44. The van der Waals surface area contributed by atoms with Crippen molar-refractivity contribution < 1.29 is 4.79 Å². The molecular weight excluding hydrogens is 354 g/mol. The monoisotopic (exact) mass is 369 g/mol. The number of nitrogens with zero attached hydrogens (tertiary/aromatic N) is 3. The van der Waals surface area contributed by atoms with E-state index in [1.54, 1.807) is 11.3 Å². The Bertz CT molecular complexity index is 982. The SMILES string of the molecule is O=C1N(c2ccc3sc(Cl)cc3c2)CCN1c1cnccc1C1CC1. The highest BCUT2D eigenvalue weighted by molar-refractivity contribution is 7.22. The van der Waals surface area contributed by atoms with E-state index >= 15 is 0 Å². The number of urea groups is 1. The highest BCUT2D eigenvalue weighted by atomic mass is 35.5. The molecule has 0 spiro atoms. The number of carbonyl (C=O) groups excluding carboxylic acids is 1. The molecule has 2 aromatic heterocycles. The molecule has 2 amide bonds. The molecule has 1 aliphatic heterocycles. The van der Waals surface area contributed by atoms with Crippen molar-refractivity contribution in [1.29, 1.82) is 0 Å². The van der Waals surface area contributed by atoms with Crippen LogP contribution in [0.1, 0.15) is 24.3 Å². The molecular formula is C19H16ClN3OS. The van der Waals surface area contributed by atoms with E-state index in [-0.39, 0.29) is 6.03 Å². The summed E-state index contributed by atoms with van der Waals surface area (Å²) in [6.45, 7) is 1.37. The summed E-state index contributed by atoms with van der Waals surface area (Å²) in [5.41, 5.74) is 3.15. The minimum atomic E-state index is 0.0237. The average Bonchev–Trinajstić information content (AvgIpc) is 3.29. The molecule has 0 bridgehead atoms. The zero-order chi connectivity index (χ0) is 17.0. The van der Waals surface area contributed by atoms with E-state index in [4.69, 9.17) is 11.6 Å². The summed E-state index contributed by atoms with van der Waals surface area (Å²) in [6, 6.07) is 10.1. The van der Waals surface area contributed by atoms with Crippen LogP contribution in [-0.4, -0.2) is 24.1 Å². The zero-order valence-electron chi connectivity index (χ0n) is 13.5. The number of thiophene rings is 1. The first kappa shape index (κ1) is 15.2. The molecule has 25 heavy (non-hydrogen) atoms. The second-order valence-corrected chi connectivity index (χ2v) is 8.28. The van der Waals surface area contributed by atoms with Gasteiger partial charge in [0, 0.05) is 29.7 Å². The summed E-state index contributed by atoms with van der Waals surface area (Å²) < 4.78 is 1.91. The first-order valence-corrected chi connectivity index (χ1v) is 9.62. The average molecular weight is 370 g/mol. The lowest BCUT2D eigenvalue weighted by Crippen LogP contribution is -2.32. The molecule has 6 heteroatoms. The molecule has 0 radical (unpaired) electrons. The second kappa shape index (κ2) is 5.71. The Hall–Kier alpha value is -2.11. The number of aromatic nitrogens is 1. The maximum atomic E-state index is 13.0. The fourth-order valence-electron chi connectivity index (χ4n) is 3.53. The molecule has 0 unspecified atom stereocenters. The van der Waals surface area contributed by atoms with Crippen LogP contribution in [0.15, 0.2) is 42.7 Å². The molecule has 5 rings (SSSR count). The Labute approximate surface area is 154 Å². The van der Waals surface area contributed by atoms with Crippen molar-refractivity contribution >= 4 is 50.4 Å². The quantitative estimate of drug-likeness (QED) is 0.630. The third-order valence-corrected chi connectivity index (χ3v) is 6.18. The van der Waals surface area contributed by atoms with Crippen molar-refractivity contribution in [2.45, 2.75) is 18.8 Å². The molecule has 3 heterocycles. The Kier molecular flexibility index (Phi) is 3.47. The first-order chi connectivity index (χ1) is 12.2. The van der Waals surface area contributed by atoms with Gasteiger partial charge in [0.05, 0.1) is 16.2 Å². The number of hydrogen-bond donors (Lipinski definition) is 0. The van der Waals surface area contributed by atoms with Crippen molar-refractivity contribution in [3.05, 3.63) is 52.6 Å². The fourth-order valence-corrected chi connectivity index (χ4v) is 4.66. The minimum absolute atomic E-state index is 0.0237. The van der Waals surface area contributed by atoms with E-state index in [1.165, 1.54) is 18.4 Å². The van der Waals surface area contributed by atoms with Crippen molar-refractivity contribution in [3.8, 4) is 0 Å². The highest BCUT2D eigenvalue weighted by Gasteiger charge is 2.35. The van der Waals surface area contributed by atoms with E-state index in [9.17, 15) is 4.79 Å². The summed E-state index contributed by atoms with van der Waals surface area (Å²) in [6.07, 6.45) is 6.07. The lowest BCUT2D eigenvalue weighted by Gasteiger charge is -2.21. The number of fused-ring (bicyclic) bond motifs is 1. The van der Waals surface area contributed by atoms with E-state index in [0.29, 0.717) is 19.0 Å². The molecule has 3 aromatic rings. The lowest BCUT2D eigenvalue weighted by molar-refractivity contribution is 0.256. The third-order valence-electron chi connectivity index (χ3n) is 4.93. The van der Waals surface area contributed by atoms with Crippen molar-refractivity contribution in [3.63, 3.8) is 0 Å². The van der Waals surface area contributed by atoms with Crippen LogP contribution in [0, 0.1) is 0 Å². The van der Waals surface area contributed by atoms with Crippen molar-refractivity contribution in [2.24, 2.45) is 0 Å². The predicted molar refractivity (Wildman–Crippen MR) is 103 cm³/mol. The molecule has 0 N–H and O–H groups in total. The molecule has 1 saturated carbocycles. The van der Waals surface area contributed by atoms with Gasteiger partial charge in [-0.1, -0.05) is 11.6 Å². The normalized spacial score (nSPS) is 17.7. The first-order valence-electron chi connectivity index (χ1n) is 8.43. The van der Waals surface area contributed by atoms with Gasteiger partial charge in [0.25, 0.3) is 0 Å². The van der Waals surface area contributed by atoms with Crippen LogP contribution in [0.3, 0.4) is 0 Å². The smallest absolute Gasteiger partial charge is 0.292 e. The van der Waals surface area contributed by atoms with Crippen LogP contribution in [0.5, 0.6) is 0 Å². The van der Waals surface area contributed by atoms with Gasteiger partial charge in [0.1, 0.15) is 0 Å². The number of benzene rings is 1. The summed E-state index contributed by atoms with van der Waals surface area (Å²) in [4.78, 5) is 21.0. The van der Waals surface area contributed by atoms with Gasteiger partial charge in [-0.05, 0) is 60.0 Å². The van der Waals surface area contributed by atoms with Crippen molar-refractivity contribution in [2.75, 3.05) is 22.9 Å².